The highest BCUT2D eigenvalue weighted by molar-refractivity contribution is 9.10. The van der Waals surface area contributed by atoms with Crippen LogP contribution in [0.4, 0.5) is 5.69 Å². The number of pyridine rings is 1. The van der Waals surface area contributed by atoms with Crippen LogP contribution < -0.4 is 15.4 Å². The number of para-hydroxylation sites is 2. The molecular weight excluding hydrogens is 318 g/mol. The van der Waals surface area contributed by atoms with Crippen LogP contribution in [0.15, 0.2) is 47.2 Å². The molecule has 0 aliphatic heterocycles. The van der Waals surface area contributed by atoms with Crippen molar-refractivity contribution < 1.29 is 4.74 Å². The van der Waals surface area contributed by atoms with Crippen molar-refractivity contribution in [3.63, 3.8) is 0 Å². The van der Waals surface area contributed by atoms with Crippen LogP contribution in [-0.4, -0.2) is 25.7 Å². The molecule has 0 aliphatic carbocycles. The van der Waals surface area contributed by atoms with Gasteiger partial charge in [-0.15, -0.1) is 0 Å². The lowest BCUT2D eigenvalue weighted by Crippen LogP contribution is -2.30. The molecule has 0 radical (unpaired) electrons. The minimum Gasteiger partial charge on any atom is -0.495 e. The van der Waals surface area contributed by atoms with Gasteiger partial charge in [-0.3, -0.25) is 4.98 Å². The van der Waals surface area contributed by atoms with Crippen LogP contribution in [0.2, 0.25) is 0 Å². The van der Waals surface area contributed by atoms with Crippen LogP contribution in [0.25, 0.3) is 0 Å². The van der Waals surface area contributed by atoms with Gasteiger partial charge in [-0.25, -0.2) is 0 Å². The Labute approximate surface area is 127 Å². The lowest BCUT2D eigenvalue weighted by Gasteiger charge is -2.30. The number of rotatable bonds is 5. The number of hydrogen-bond donors (Lipinski definition) is 1. The molecule has 1 unspecified atom stereocenters. The fourth-order valence-corrected chi connectivity index (χ4v) is 2.60. The first kappa shape index (κ1) is 14.8. The van der Waals surface area contributed by atoms with Crippen molar-refractivity contribution in [2.75, 3.05) is 25.6 Å². The standard InChI is InChI=1S/C15H18BrN3O/c1-19(13-5-3-4-6-15(13)20-2)14(8-17)11-7-12(16)10-18-9-11/h3-7,9-10,14H,8,17H2,1-2H3. The van der Waals surface area contributed by atoms with E-state index in [4.69, 9.17) is 10.5 Å². The molecule has 0 fully saturated rings. The van der Waals surface area contributed by atoms with E-state index in [1.807, 2.05) is 43.6 Å². The highest BCUT2D eigenvalue weighted by Crippen LogP contribution is 2.32. The summed E-state index contributed by atoms with van der Waals surface area (Å²) in [5.41, 5.74) is 8.03. The zero-order valence-electron chi connectivity index (χ0n) is 11.6. The quantitative estimate of drug-likeness (QED) is 0.912. The highest BCUT2D eigenvalue weighted by atomic mass is 79.9. The molecule has 0 saturated carbocycles. The van der Waals surface area contributed by atoms with Crippen LogP contribution in [0.1, 0.15) is 11.6 Å². The number of nitrogens with zero attached hydrogens (tertiary/aromatic N) is 2. The Morgan fingerprint density at radius 2 is 2.10 bits per heavy atom. The van der Waals surface area contributed by atoms with E-state index in [1.165, 1.54) is 0 Å². The van der Waals surface area contributed by atoms with Gasteiger partial charge in [-0.05, 0) is 39.7 Å². The Morgan fingerprint density at radius 1 is 1.35 bits per heavy atom. The third-order valence-electron chi connectivity index (χ3n) is 3.27. The predicted molar refractivity (Wildman–Crippen MR) is 85.1 cm³/mol. The second kappa shape index (κ2) is 6.72. The van der Waals surface area contributed by atoms with E-state index in [0.717, 1.165) is 21.5 Å². The molecule has 0 spiro atoms. The van der Waals surface area contributed by atoms with Crippen molar-refractivity contribution in [1.82, 2.24) is 4.98 Å². The molecule has 1 heterocycles. The Kier molecular flexibility index (Phi) is 4.98. The average Bonchev–Trinajstić information content (AvgIpc) is 2.48. The van der Waals surface area contributed by atoms with Gasteiger partial charge in [0, 0.05) is 30.5 Å². The molecule has 1 aromatic heterocycles. The molecule has 0 bridgehead atoms. The van der Waals surface area contributed by atoms with Gasteiger partial charge in [0.1, 0.15) is 5.75 Å². The fraction of sp³-hybridized carbons (Fsp3) is 0.267. The van der Waals surface area contributed by atoms with Crippen LogP contribution >= 0.6 is 15.9 Å². The maximum Gasteiger partial charge on any atom is 0.142 e. The van der Waals surface area contributed by atoms with Gasteiger partial charge < -0.3 is 15.4 Å². The van der Waals surface area contributed by atoms with Crippen molar-refractivity contribution in [3.05, 3.63) is 52.8 Å². The van der Waals surface area contributed by atoms with Gasteiger partial charge in [0.25, 0.3) is 0 Å². The van der Waals surface area contributed by atoms with Crippen molar-refractivity contribution in [2.45, 2.75) is 6.04 Å². The Bertz CT molecular complexity index is 577. The molecule has 4 nitrogen and oxygen atoms in total. The lowest BCUT2D eigenvalue weighted by molar-refractivity contribution is 0.413. The number of halogens is 1. The molecule has 20 heavy (non-hydrogen) atoms. The molecule has 0 aliphatic rings. The summed E-state index contributed by atoms with van der Waals surface area (Å²) in [5, 5.41) is 0. The highest BCUT2D eigenvalue weighted by Gasteiger charge is 2.19. The maximum absolute atomic E-state index is 5.96. The van der Waals surface area contributed by atoms with Gasteiger partial charge in [0.15, 0.2) is 0 Å². The van der Waals surface area contributed by atoms with Gasteiger partial charge in [0.2, 0.25) is 0 Å². The predicted octanol–water partition coefficient (Wildman–Crippen LogP) is 2.99. The average molecular weight is 336 g/mol. The number of benzene rings is 1. The van der Waals surface area contributed by atoms with E-state index in [2.05, 4.69) is 25.8 Å². The second-order valence-corrected chi connectivity index (χ2v) is 5.39. The number of likely N-dealkylation sites (N-methyl/N-ethyl adjacent to an activating group) is 1. The van der Waals surface area contributed by atoms with Gasteiger partial charge in [-0.2, -0.15) is 0 Å². The summed E-state index contributed by atoms with van der Waals surface area (Å²) in [4.78, 5) is 6.32. The monoisotopic (exact) mass is 335 g/mol. The summed E-state index contributed by atoms with van der Waals surface area (Å²) < 4.78 is 6.36. The summed E-state index contributed by atoms with van der Waals surface area (Å²) in [6.45, 7) is 0.493. The normalized spacial score (nSPS) is 12.0. The minimum atomic E-state index is 0.0382. The topological polar surface area (TPSA) is 51.4 Å². The Balaban J connectivity index is 2.36. The molecule has 2 rings (SSSR count). The molecule has 1 aromatic carbocycles. The van der Waals surface area contributed by atoms with E-state index < -0.39 is 0 Å². The van der Waals surface area contributed by atoms with Crippen LogP contribution in [0, 0.1) is 0 Å². The SMILES string of the molecule is COc1ccccc1N(C)C(CN)c1cncc(Br)c1. The van der Waals surface area contributed by atoms with Crippen molar-refractivity contribution in [2.24, 2.45) is 5.73 Å². The van der Waals surface area contributed by atoms with Gasteiger partial charge in [-0.1, -0.05) is 12.1 Å². The zero-order chi connectivity index (χ0) is 14.5. The van der Waals surface area contributed by atoms with Crippen LogP contribution in [0.3, 0.4) is 0 Å². The van der Waals surface area contributed by atoms with Gasteiger partial charge >= 0.3 is 0 Å². The molecule has 106 valence electrons. The Morgan fingerprint density at radius 3 is 2.75 bits per heavy atom. The molecule has 0 amide bonds. The largest absolute Gasteiger partial charge is 0.495 e. The molecule has 5 heteroatoms. The van der Waals surface area contributed by atoms with Crippen LogP contribution in [-0.2, 0) is 0 Å². The Hall–Kier alpha value is -1.59. The number of ether oxygens (including phenoxy) is 1. The van der Waals surface area contributed by atoms with Gasteiger partial charge in [0.05, 0.1) is 18.8 Å². The lowest BCUT2D eigenvalue weighted by atomic mass is 10.1. The number of anilines is 1. The third kappa shape index (κ3) is 3.11. The molecule has 2 N–H and O–H groups in total. The fourth-order valence-electron chi connectivity index (χ4n) is 2.22. The van der Waals surface area contributed by atoms with E-state index in [1.54, 1.807) is 13.3 Å². The number of hydrogen-bond acceptors (Lipinski definition) is 4. The first-order valence-corrected chi connectivity index (χ1v) is 7.13. The minimum absolute atomic E-state index is 0.0382. The van der Waals surface area contributed by atoms with E-state index in [-0.39, 0.29) is 6.04 Å². The molecule has 1 atom stereocenters. The first-order chi connectivity index (χ1) is 9.67. The third-order valence-corrected chi connectivity index (χ3v) is 3.70. The zero-order valence-corrected chi connectivity index (χ0v) is 13.2. The van der Waals surface area contributed by atoms with Crippen LogP contribution in [0.5, 0.6) is 5.75 Å². The maximum atomic E-state index is 5.96. The first-order valence-electron chi connectivity index (χ1n) is 6.33. The summed E-state index contributed by atoms with van der Waals surface area (Å²) >= 11 is 3.45. The van der Waals surface area contributed by atoms with E-state index in [9.17, 15) is 0 Å². The number of methoxy groups -OCH3 is 1. The summed E-state index contributed by atoms with van der Waals surface area (Å²) in [6, 6.07) is 9.98. The van der Waals surface area contributed by atoms with Crippen molar-refractivity contribution in [3.8, 4) is 5.75 Å². The molecule has 2 aromatic rings. The van der Waals surface area contributed by atoms with E-state index in [0.29, 0.717) is 6.54 Å². The molecular formula is C15H18BrN3O. The smallest absolute Gasteiger partial charge is 0.142 e. The number of nitrogens with two attached hydrogens (primary N) is 1. The summed E-state index contributed by atoms with van der Waals surface area (Å²) in [5.74, 6) is 0.830. The van der Waals surface area contributed by atoms with E-state index >= 15 is 0 Å². The summed E-state index contributed by atoms with van der Waals surface area (Å²) in [6.07, 6.45) is 3.61. The van der Waals surface area contributed by atoms with Crippen molar-refractivity contribution in [1.29, 1.82) is 0 Å². The summed E-state index contributed by atoms with van der Waals surface area (Å²) in [7, 11) is 3.68. The number of aromatic nitrogens is 1. The van der Waals surface area contributed by atoms with Crippen molar-refractivity contribution >= 4 is 21.6 Å². The molecule has 0 saturated heterocycles. The second-order valence-electron chi connectivity index (χ2n) is 4.47.